The van der Waals surface area contributed by atoms with Gasteiger partial charge in [-0.05, 0) is 28.7 Å². The Balaban J connectivity index is 2.89. The van der Waals surface area contributed by atoms with Gasteiger partial charge in [0.15, 0.2) is 0 Å². The first-order chi connectivity index (χ1) is 6.42. The molecular formula is C7H4F4INO. The monoisotopic (exact) mass is 321 g/mol. The van der Waals surface area contributed by atoms with Gasteiger partial charge in [0.1, 0.15) is 6.67 Å². The standard InChI is InChI=1S/C7H4F4INO/c8-2-4-1-5(12)6(13-3-4)14-7(9,10)11/h1,3H,2H2. The molecule has 0 spiro atoms. The molecule has 0 unspecified atom stereocenters. The minimum Gasteiger partial charge on any atom is -0.387 e. The molecule has 0 saturated heterocycles. The first-order valence-electron chi connectivity index (χ1n) is 3.38. The van der Waals surface area contributed by atoms with Crippen LogP contribution in [0, 0.1) is 3.57 Å². The highest BCUT2D eigenvalue weighted by Gasteiger charge is 2.32. The Hall–Kier alpha value is -0.600. The highest BCUT2D eigenvalue weighted by molar-refractivity contribution is 14.1. The minimum atomic E-state index is -4.77. The van der Waals surface area contributed by atoms with E-state index < -0.39 is 18.9 Å². The second-order valence-corrected chi connectivity index (χ2v) is 3.47. The maximum Gasteiger partial charge on any atom is 0.574 e. The Labute approximate surface area is 90.4 Å². The van der Waals surface area contributed by atoms with Crippen LogP contribution < -0.4 is 4.74 Å². The van der Waals surface area contributed by atoms with Crippen molar-refractivity contribution in [3.63, 3.8) is 0 Å². The van der Waals surface area contributed by atoms with Gasteiger partial charge in [0.25, 0.3) is 0 Å². The highest BCUT2D eigenvalue weighted by atomic mass is 127. The van der Waals surface area contributed by atoms with Gasteiger partial charge in [0.2, 0.25) is 5.88 Å². The van der Waals surface area contributed by atoms with Crippen molar-refractivity contribution in [2.24, 2.45) is 0 Å². The molecule has 0 fully saturated rings. The number of rotatable bonds is 2. The summed E-state index contributed by atoms with van der Waals surface area (Å²) in [5, 5.41) is 0. The molecule has 0 amide bonds. The summed E-state index contributed by atoms with van der Waals surface area (Å²) in [5.41, 5.74) is 0.212. The highest BCUT2D eigenvalue weighted by Crippen LogP contribution is 2.25. The van der Waals surface area contributed by atoms with Crippen LogP contribution in [-0.2, 0) is 6.67 Å². The van der Waals surface area contributed by atoms with E-state index in [0.29, 0.717) is 0 Å². The Morgan fingerprint density at radius 3 is 2.50 bits per heavy atom. The van der Waals surface area contributed by atoms with Crippen LogP contribution in [0.2, 0.25) is 0 Å². The largest absolute Gasteiger partial charge is 0.574 e. The van der Waals surface area contributed by atoms with Gasteiger partial charge in [-0.3, -0.25) is 0 Å². The Morgan fingerprint density at radius 2 is 2.07 bits per heavy atom. The molecule has 78 valence electrons. The van der Waals surface area contributed by atoms with Crippen LogP contribution >= 0.6 is 22.6 Å². The molecule has 1 heterocycles. The fourth-order valence-corrected chi connectivity index (χ4v) is 1.37. The molecule has 7 heteroatoms. The lowest BCUT2D eigenvalue weighted by atomic mass is 10.3. The van der Waals surface area contributed by atoms with Crippen LogP contribution in [0.3, 0.4) is 0 Å². The van der Waals surface area contributed by atoms with Crippen molar-refractivity contribution < 1.29 is 22.3 Å². The van der Waals surface area contributed by atoms with Crippen LogP contribution in [0.1, 0.15) is 5.56 Å². The topological polar surface area (TPSA) is 22.1 Å². The zero-order valence-electron chi connectivity index (χ0n) is 6.61. The normalized spacial score (nSPS) is 11.5. The van der Waals surface area contributed by atoms with Gasteiger partial charge in [-0.2, -0.15) is 0 Å². The van der Waals surface area contributed by atoms with Gasteiger partial charge < -0.3 is 4.74 Å². The average Bonchev–Trinajstić information content (AvgIpc) is 2.06. The van der Waals surface area contributed by atoms with E-state index in [0.717, 1.165) is 6.20 Å². The van der Waals surface area contributed by atoms with Crippen molar-refractivity contribution in [3.8, 4) is 5.88 Å². The molecular weight excluding hydrogens is 317 g/mol. The Kier molecular flexibility index (Phi) is 3.51. The molecule has 0 N–H and O–H groups in total. The lowest BCUT2D eigenvalue weighted by molar-refractivity contribution is -0.276. The quantitative estimate of drug-likeness (QED) is 0.617. The van der Waals surface area contributed by atoms with Crippen LogP contribution in [-0.4, -0.2) is 11.3 Å². The zero-order valence-corrected chi connectivity index (χ0v) is 8.76. The molecule has 1 aromatic rings. The number of nitrogens with zero attached hydrogens (tertiary/aromatic N) is 1. The predicted molar refractivity (Wildman–Crippen MR) is 48.4 cm³/mol. The number of pyridine rings is 1. The SMILES string of the molecule is FCc1cnc(OC(F)(F)F)c(I)c1. The molecule has 0 aliphatic carbocycles. The van der Waals surface area contributed by atoms with Crippen LogP contribution in [0.5, 0.6) is 5.88 Å². The molecule has 0 saturated carbocycles. The molecule has 0 bridgehead atoms. The minimum absolute atomic E-state index is 0.120. The van der Waals surface area contributed by atoms with Crippen molar-refractivity contribution in [3.05, 3.63) is 21.4 Å². The van der Waals surface area contributed by atoms with Gasteiger partial charge in [-0.25, -0.2) is 9.37 Å². The fourth-order valence-electron chi connectivity index (χ4n) is 0.723. The van der Waals surface area contributed by atoms with Gasteiger partial charge in [0.05, 0.1) is 3.57 Å². The predicted octanol–water partition coefficient (Wildman–Crippen LogP) is 3.05. The van der Waals surface area contributed by atoms with E-state index in [1.165, 1.54) is 6.07 Å². The van der Waals surface area contributed by atoms with Crippen molar-refractivity contribution in [2.75, 3.05) is 0 Å². The van der Waals surface area contributed by atoms with Crippen molar-refractivity contribution in [1.82, 2.24) is 4.98 Å². The van der Waals surface area contributed by atoms with E-state index in [2.05, 4.69) is 9.72 Å². The first-order valence-corrected chi connectivity index (χ1v) is 4.46. The fraction of sp³-hybridized carbons (Fsp3) is 0.286. The smallest absolute Gasteiger partial charge is 0.387 e. The molecule has 2 nitrogen and oxygen atoms in total. The number of alkyl halides is 4. The molecule has 0 radical (unpaired) electrons. The summed E-state index contributed by atoms with van der Waals surface area (Å²) in [6.45, 7) is -0.769. The van der Waals surface area contributed by atoms with E-state index in [-0.39, 0.29) is 9.13 Å². The van der Waals surface area contributed by atoms with Gasteiger partial charge >= 0.3 is 6.36 Å². The van der Waals surface area contributed by atoms with Crippen molar-refractivity contribution in [1.29, 1.82) is 0 Å². The van der Waals surface area contributed by atoms with E-state index in [1.54, 1.807) is 22.6 Å². The average molecular weight is 321 g/mol. The van der Waals surface area contributed by atoms with Gasteiger partial charge in [-0.15, -0.1) is 13.2 Å². The number of aromatic nitrogens is 1. The summed E-state index contributed by atoms with van der Waals surface area (Å²) in [5.74, 6) is -0.560. The van der Waals surface area contributed by atoms with E-state index in [4.69, 9.17) is 0 Å². The van der Waals surface area contributed by atoms with Gasteiger partial charge in [-0.1, -0.05) is 0 Å². The second-order valence-electron chi connectivity index (χ2n) is 2.31. The third-order valence-electron chi connectivity index (χ3n) is 1.23. The third-order valence-corrected chi connectivity index (χ3v) is 2.00. The summed E-state index contributed by atoms with van der Waals surface area (Å²) < 4.78 is 51.1. The third kappa shape index (κ3) is 3.28. The van der Waals surface area contributed by atoms with E-state index >= 15 is 0 Å². The summed E-state index contributed by atoms with van der Waals surface area (Å²) >= 11 is 1.60. The second kappa shape index (κ2) is 4.28. The maximum atomic E-state index is 12.1. The number of halogens is 5. The number of hydrogen-bond acceptors (Lipinski definition) is 2. The molecule has 0 aliphatic rings. The van der Waals surface area contributed by atoms with Crippen LogP contribution in [0.4, 0.5) is 17.6 Å². The van der Waals surface area contributed by atoms with E-state index in [9.17, 15) is 17.6 Å². The van der Waals surface area contributed by atoms with E-state index in [1.807, 2.05) is 0 Å². The zero-order chi connectivity index (χ0) is 10.8. The summed E-state index contributed by atoms with van der Waals surface area (Å²) in [6, 6.07) is 1.24. The Morgan fingerprint density at radius 1 is 1.43 bits per heavy atom. The number of ether oxygens (including phenoxy) is 1. The molecule has 0 aliphatic heterocycles. The first kappa shape index (κ1) is 11.5. The van der Waals surface area contributed by atoms with Gasteiger partial charge in [0, 0.05) is 11.8 Å². The summed E-state index contributed by atoms with van der Waals surface area (Å²) in [6.07, 6.45) is -3.77. The van der Waals surface area contributed by atoms with Crippen molar-refractivity contribution in [2.45, 2.75) is 13.0 Å². The molecule has 1 rings (SSSR count). The van der Waals surface area contributed by atoms with Crippen molar-refractivity contribution >= 4 is 22.6 Å². The lowest BCUT2D eigenvalue weighted by Gasteiger charge is -2.09. The number of hydrogen-bond donors (Lipinski definition) is 0. The molecule has 0 aromatic carbocycles. The molecule has 0 atom stereocenters. The summed E-state index contributed by atoms with van der Waals surface area (Å²) in [7, 11) is 0. The molecule has 1 aromatic heterocycles. The summed E-state index contributed by atoms with van der Waals surface area (Å²) in [4.78, 5) is 3.34. The maximum absolute atomic E-state index is 12.1. The van der Waals surface area contributed by atoms with Crippen LogP contribution in [0.15, 0.2) is 12.3 Å². The molecule has 14 heavy (non-hydrogen) atoms. The lowest BCUT2D eigenvalue weighted by Crippen LogP contribution is -2.18. The Bertz CT molecular complexity index is 328. The van der Waals surface area contributed by atoms with Crippen LogP contribution in [0.25, 0.3) is 0 Å².